The molecule has 0 aliphatic heterocycles. The molecule has 1 aromatic carbocycles. The SMILES string of the molecule is O=C(O)CCS(=O)c1ccccc1C(=O)O. The van der Waals surface area contributed by atoms with Gasteiger partial charge >= 0.3 is 11.9 Å². The summed E-state index contributed by atoms with van der Waals surface area (Å²) in [5.74, 6) is -2.31. The van der Waals surface area contributed by atoms with E-state index in [2.05, 4.69) is 0 Å². The molecule has 0 saturated heterocycles. The fourth-order valence-electron chi connectivity index (χ4n) is 1.13. The van der Waals surface area contributed by atoms with Crippen LogP contribution in [-0.4, -0.2) is 32.1 Å². The number of carboxylic acid groups (broad SMARTS) is 2. The van der Waals surface area contributed by atoms with Gasteiger partial charge in [0.1, 0.15) is 0 Å². The van der Waals surface area contributed by atoms with E-state index < -0.39 is 22.7 Å². The van der Waals surface area contributed by atoms with Crippen molar-refractivity contribution in [3.8, 4) is 0 Å². The normalized spacial score (nSPS) is 12.0. The molecule has 2 N–H and O–H groups in total. The first-order valence-electron chi connectivity index (χ1n) is 4.45. The molecule has 1 rings (SSSR count). The molecule has 86 valence electrons. The molecule has 5 nitrogen and oxygen atoms in total. The summed E-state index contributed by atoms with van der Waals surface area (Å²) in [7, 11) is -1.60. The standard InChI is InChI=1S/C10H10O5S/c11-9(12)5-6-16(15)8-4-2-1-3-7(8)10(13)14/h1-4H,5-6H2,(H,11,12)(H,13,14). The van der Waals surface area contributed by atoms with Crippen LogP contribution in [0.1, 0.15) is 16.8 Å². The van der Waals surface area contributed by atoms with Gasteiger partial charge in [0.15, 0.2) is 0 Å². The van der Waals surface area contributed by atoms with Gasteiger partial charge in [-0.25, -0.2) is 4.79 Å². The Kier molecular flexibility index (Phi) is 4.19. The van der Waals surface area contributed by atoms with Crippen molar-refractivity contribution in [1.82, 2.24) is 0 Å². The summed E-state index contributed by atoms with van der Waals surface area (Å²) >= 11 is 0. The number of hydrogen-bond donors (Lipinski definition) is 2. The molecule has 1 aromatic rings. The van der Waals surface area contributed by atoms with Crippen LogP contribution in [0.4, 0.5) is 0 Å². The zero-order chi connectivity index (χ0) is 12.1. The Hall–Kier alpha value is -1.69. The Morgan fingerprint density at radius 2 is 1.81 bits per heavy atom. The molecule has 0 spiro atoms. The summed E-state index contributed by atoms with van der Waals surface area (Å²) in [5.41, 5.74) is -0.0498. The first kappa shape index (κ1) is 12.4. The minimum absolute atomic E-state index is 0.0498. The maximum atomic E-state index is 11.7. The van der Waals surface area contributed by atoms with Crippen molar-refractivity contribution in [3.63, 3.8) is 0 Å². The highest BCUT2D eigenvalue weighted by Crippen LogP contribution is 2.14. The molecule has 0 saturated carbocycles. The van der Waals surface area contributed by atoms with Crippen LogP contribution in [0.2, 0.25) is 0 Å². The van der Waals surface area contributed by atoms with Crippen LogP contribution in [0.5, 0.6) is 0 Å². The van der Waals surface area contributed by atoms with Gasteiger partial charge in [-0.3, -0.25) is 9.00 Å². The van der Waals surface area contributed by atoms with E-state index in [4.69, 9.17) is 10.2 Å². The van der Waals surface area contributed by atoms with Crippen LogP contribution >= 0.6 is 0 Å². The van der Waals surface area contributed by atoms with E-state index in [1.807, 2.05) is 0 Å². The summed E-state index contributed by atoms with van der Waals surface area (Å²) in [6.45, 7) is 0. The molecule has 0 aromatic heterocycles. The van der Waals surface area contributed by atoms with Gasteiger partial charge < -0.3 is 10.2 Å². The van der Waals surface area contributed by atoms with Crippen molar-refractivity contribution in [2.24, 2.45) is 0 Å². The fraction of sp³-hybridized carbons (Fsp3) is 0.200. The Labute approximate surface area is 94.2 Å². The van der Waals surface area contributed by atoms with E-state index >= 15 is 0 Å². The van der Waals surface area contributed by atoms with Gasteiger partial charge in [-0.2, -0.15) is 0 Å². The molecule has 0 bridgehead atoms. The molecule has 0 aliphatic rings. The number of benzene rings is 1. The van der Waals surface area contributed by atoms with Crippen molar-refractivity contribution >= 4 is 22.7 Å². The second-order valence-corrected chi connectivity index (χ2v) is 4.53. The van der Waals surface area contributed by atoms with Crippen LogP contribution in [-0.2, 0) is 15.6 Å². The summed E-state index contributed by atoms with van der Waals surface area (Å²) in [6.07, 6.45) is -0.249. The minimum atomic E-state index is -1.60. The molecule has 1 unspecified atom stereocenters. The maximum Gasteiger partial charge on any atom is 0.336 e. The maximum absolute atomic E-state index is 11.7. The molecule has 16 heavy (non-hydrogen) atoms. The zero-order valence-corrected chi connectivity index (χ0v) is 9.07. The third-order valence-corrected chi connectivity index (χ3v) is 3.29. The average Bonchev–Trinajstić information content (AvgIpc) is 2.25. The zero-order valence-electron chi connectivity index (χ0n) is 8.25. The first-order chi connectivity index (χ1) is 7.52. The summed E-state index contributed by atoms with van der Waals surface area (Å²) in [6, 6.07) is 5.87. The average molecular weight is 242 g/mol. The number of carbonyl (C=O) groups is 2. The Balaban J connectivity index is 2.90. The predicted molar refractivity (Wildman–Crippen MR) is 56.9 cm³/mol. The fourth-order valence-corrected chi connectivity index (χ4v) is 2.34. The van der Waals surface area contributed by atoms with Crippen molar-refractivity contribution < 1.29 is 24.0 Å². The molecular formula is C10H10O5S. The molecule has 0 radical (unpaired) electrons. The topological polar surface area (TPSA) is 91.7 Å². The van der Waals surface area contributed by atoms with Crippen LogP contribution in [0, 0.1) is 0 Å². The molecule has 0 amide bonds. The van der Waals surface area contributed by atoms with E-state index in [-0.39, 0.29) is 22.6 Å². The summed E-state index contributed by atoms with van der Waals surface area (Å²) in [5, 5.41) is 17.3. The van der Waals surface area contributed by atoms with Gasteiger partial charge in [0.25, 0.3) is 0 Å². The van der Waals surface area contributed by atoms with Crippen molar-refractivity contribution in [2.75, 3.05) is 5.75 Å². The van der Waals surface area contributed by atoms with Crippen molar-refractivity contribution in [3.05, 3.63) is 29.8 Å². The van der Waals surface area contributed by atoms with Gasteiger partial charge in [-0.05, 0) is 12.1 Å². The second-order valence-electron chi connectivity index (χ2n) is 2.99. The van der Waals surface area contributed by atoms with Gasteiger partial charge in [0.05, 0.1) is 27.7 Å². The minimum Gasteiger partial charge on any atom is -0.481 e. The van der Waals surface area contributed by atoms with E-state index in [0.717, 1.165) is 0 Å². The van der Waals surface area contributed by atoms with Gasteiger partial charge in [0.2, 0.25) is 0 Å². The smallest absolute Gasteiger partial charge is 0.336 e. The molecule has 0 fully saturated rings. The van der Waals surface area contributed by atoms with Gasteiger partial charge in [0, 0.05) is 5.75 Å². The van der Waals surface area contributed by atoms with Crippen molar-refractivity contribution in [2.45, 2.75) is 11.3 Å². The Morgan fingerprint density at radius 1 is 1.19 bits per heavy atom. The third-order valence-electron chi connectivity index (χ3n) is 1.86. The highest BCUT2D eigenvalue weighted by molar-refractivity contribution is 7.85. The molecule has 1 atom stereocenters. The number of aromatic carboxylic acids is 1. The Morgan fingerprint density at radius 3 is 2.38 bits per heavy atom. The van der Waals surface area contributed by atoms with E-state index in [9.17, 15) is 13.8 Å². The lowest BCUT2D eigenvalue weighted by Crippen LogP contribution is -2.09. The number of hydrogen-bond acceptors (Lipinski definition) is 3. The summed E-state index contributed by atoms with van der Waals surface area (Å²) in [4.78, 5) is 21.3. The predicted octanol–water partition coefficient (Wildman–Crippen LogP) is 0.967. The third kappa shape index (κ3) is 3.16. The number of carboxylic acids is 2. The van der Waals surface area contributed by atoms with Gasteiger partial charge in [-0.1, -0.05) is 12.1 Å². The highest BCUT2D eigenvalue weighted by Gasteiger charge is 2.15. The van der Waals surface area contributed by atoms with Gasteiger partial charge in [-0.15, -0.1) is 0 Å². The molecule has 0 aliphatic carbocycles. The van der Waals surface area contributed by atoms with Crippen molar-refractivity contribution in [1.29, 1.82) is 0 Å². The number of rotatable bonds is 5. The van der Waals surface area contributed by atoms with Crippen LogP contribution in [0.3, 0.4) is 0 Å². The lowest BCUT2D eigenvalue weighted by molar-refractivity contribution is -0.136. The van der Waals surface area contributed by atoms with Crippen LogP contribution < -0.4 is 0 Å². The lowest BCUT2D eigenvalue weighted by Gasteiger charge is -2.04. The molecule has 0 heterocycles. The van der Waals surface area contributed by atoms with E-state index in [1.165, 1.54) is 18.2 Å². The van der Waals surface area contributed by atoms with Crippen LogP contribution in [0.15, 0.2) is 29.2 Å². The molecule has 6 heteroatoms. The monoisotopic (exact) mass is 242 g/mol. The Bertz CT molecular complexity index is 441. The first-order valence-corrected chi connectivity index (χ1v) is 5.76. The lowest BCUT2D eigenvalue weighted by atomic mass is 10.2. The second kappa shape index (κ2) is 5.41. The number of aliphatic carboxylic acids is 1. The quantitative estimate of drug-likeness (QED) is 0.802. The highest BCUT2D eigenvalue weighted by atomic mass is 32.2. The summed E-state index contributed by atoms with van der Waals surface area (Å²) < 4.78 is 11.7. The van der Waals surface area contributed by atoms with E-state index in [1.54, 1.807) is 6.07 Å². The largest absolute Gasteiger partial charge is 0.481 e. The molecular weight excluding hydrogens is 232 g/mol. The van der Waals surface area contributed by atoms with E-state index in [0.29, 0.717) is 0 Å². The van der Waals surface area contributed by atoms with Crippen LogP contribution in [0.25, 0.3) is 0 Å².